The molecule has 0 saturated heterocycles. The van der Waals surface area contributed by atoms with E-state index >= 15 is 0 Å². The Morgan fingerprint density at radius 2 is 2.19 bits per heavy atom. The van der Waals surface area contributed by atoms with Gasteiger partial charge in [-0.3, -0.25) is 4.57 Å². The average molecular weight is 284 g/mol. The van der Waals surface area contributed by atoms with Crippen molar-refractivity contribution in [3.63, 3.8) is 0 Å². The molecule has 1 N–H and O–H groups in total. The molecule has 86 valence electrons. The number of nitrogens with one attached hydrogen (secondary N) is 1. The first-order valence-corrected chi connectivity index (χ1v) is 5.90. The molecule has 5 heteroatoms. The molecule has 2 rings (SSSR count). The summed E-state index contributed by atoms with van der Waals surface area (Å²) in [6.07, 6.45) is 0. The van der Waals surface area contributed by atoms with Crippen LogP contribution in [0.25, 0.3) is 11.0 Å². The van der Waals surface area contributed by atoms with Crippen LogP contribution in [0.15, 0.2) is 27.5 Å². The highest BCUT2D eigenvalue weighted by molar-refractivity contribution is 9.10. The number of halogens is 1. The van der Waals surface area contributed by atoms with Crippen molar-refractivity contribution in [1.82, 2.24) is 14.5 Å². The summed E-state index contributed by atoms with van der Waals surface area (Å²) >= 11 is 3.42. The maximum absolute atomic E-state index is 11.7. The molecular formula is C11H14BrN3O. The van der Waals surface area contributed by atoms with Crippen LogP contribution in [-0.2, 0) is 6.54 Å². The van der Waals surface area contributed by atoms with E-state index < -0.39 is 0 Å². The number of benzene rings is 1. The Hall–Kier alpha value is -1.07. The number of aromatic nitrogens is 2. The minimum Gasteiger partial charge on any atom is -0.308 e. The van der Waals surface area contributed by atoms with Crippen LogP contribution in [-0.4, -0.2) is 35.1 Å². The van der Waals surface area contributed by atoms with Crippen LogP contribution >= 0.6 is 15.9 Å². The van der Waals surface area contributed by atoms with Crippen molar-refractivity contribution in [3.05, 3.63) is 33.2 Å². The number of imidazole rings is 1. The molecule has 0 bridgehead atoms. The number of aromatic amines is 1. The van der Waals surface area contributed by atoms with Crippen molar-refractivity contribution in [3.8, 4) is 0 Å². The lowest BCUT2D eigenvalue weighted by Crippen LogP contribution is -2.24. The van der Waals surface area contributed by atoms with Crippen molar-refractivity contribution in [1.29, 1.82) is 0 Å². The highest BCUT2D eigenvalue weighted by Crippen LogP contribution is 2.17. The molecule has 4 nitrogen and oxygen atoms in total. The summed E-state index contributed by atoms with van der Waals surface area (Å²) in [7, 11) is 3.99. The Morgan fingerprint density at radius 1 is 1.44 bits per heavy atom. The third kappa shape index (κ3) is 2.20. The molecular weight excluding hydrogens is 270 g/mol. The van der Waals surface area contributed by atoms with Gasteiger partial charge in [-0.15, -0.1) is 0 Å². The second-order valence-electron chi connectivity index (χ2n) is 4.05. The number of hydrogen-bond acceptors (Lipinski definition) is 2. The van der Waals surface area contributed by atoms with Crippen LogP contribution < -0.4 is 5.69 Å². The van der Waals surface area contributed by atoms with Gasteiger partial charge in [0.1, 0.15) is 0 Å². The Bertz CT molecular complexity index is 556. The van der Waals surface area contributed by atoms with Gasteiger partial charge in [0.25, 0.3) is 0 Å². The second kappa shape index (κ2) is 4.43. The lowest BCUT2D eigenvalue weighted by molar-refractivity contribution is 0.384. The first-order chi connectivity index (χ1) is 7.58. The smallest absolute Gasteiger partial charge is 0.308 e. The first kappa shape index (κ1) is 11.4. The molecule has 0 fully saturated rings. The number of fused-ring (bicyclic) bond motifs is 1. The summed E-state index contributed by atoms with van der Waals surface area (Å²) in [4.78, 5) is 16.6. The average Bonchev–Trinajstić information content (AvgIpc) is 2.51. The predicted molar refractivity (Wildman–Crippen MR) is 68.8 cm³/mol. The molecule has 1 heterocycles. The summed E-state index contributed by atoms with van der Waals surface area (Å²) in [5, 5.41) is 0. The van der Waals surface area contributed by atoms with Gasteiger partial charge in [0.2, 0.25) is 0 Å². The fourth-order valence-corrected chi connectivity index (χ4v) is 2.00. The number of hydrogen-bond donors (Lipinski definition) is 1. The third-order valence-electron chi connectivity index (χ3n) is 2.51. The monoisotopic (exact) mass is 283 g/mol. The molecule has 0 radical (unpaired) electrons. The topological polar surface area (TPSA) is 41.0 Å². The van der Waals surface area contributed by atoms with E-state index in [1.54, 1.807) is 4.57 Å². The van der Waals surface area contributed by atoms with E-state index in [4.69, 9.17) is 0 Å². The zero-order valence-electron chi connectivity index (χ0n) is 9.33. The summed E-state index contributed by atoms with van der Waals surface area (Å²) < 4.78 is 2.75. The summed E-state index contributed by atoms with van der Waals surface area (Å²) in [5.41, 5.74) is 1.78. The predicted octanol–water partition coefficient (Wildman–Crippen LogP) is 1.65. The van der Waals surface area contributed by atoms with Crippen molar-refractivity contribution >= 4 is 27.0 Å². The van der Waals surface area contributed by atoms with Gasteiger partial charge in [0, 0.05) is 17.6 Å². The lowest BCUT2D eigenvalue weighted by Gasteiger charge is -2.09. The van der Waals surface area contributed by atoms with Crippen LogP contribution in [0.5, 0.6) is 0 Å². The van der Waals surface area contributed by atoms with Crippen molar-refractivity contribution in [2.75, 3.05) is 20.6 Å². The van der Waals surface area contributed by atoms with Crippen LogP contribution in [0.1, 0.15) is 0 Å². The zero-order valence-corrected chi connectivity index (χ0v) is 10.9. The van der Waals surface area contributed by atoms with E-state index in [2.05, 4.69) is 25.8 Å². The maximum atomic E-state index is 11.7. The van der Waals surface area contributed by atoms with Crippen LogP contribution in [0.4, 0.5) is 0 Å². The van der Waals surface area contributed by atoms with E-state index in [9.17, 15) is 4.79 Å². The number of H-pyrrole nitrogens is 1. The highest BCUT2D eigenvalue weighted by atomic mass is 79.9. The number of likely N-dealkylation sites (N-methyl/N-ethyl adjacent to an activating group) is 1. The fraction of sp³-hybridized carbons (Fsp3) is 0.364. The van der Waals surface area contributed by atoms with Crippen LogP contribution in [0.2, 0.25) is 0 Å². The fourth-order valence-electron chi connectivity index (χ4n) is 1.65. The maximum Gasteiger partial charge on any atom is 0.326 e. The molecule has 0 atom stereocenters. The summed E-state index contributed by atoms with van der Waals surface area (Å²) in [6.45, 7) is 1.54. The Labute approximate surface area is 102 Å². The minimum atomic E-state index is -0.0463. The third-order valence-corrected chi connectivity index (χ3v) is 3.00. The molecule has 1 aromatic carbocycles. The molecule has 0 aliphatic carbocycles. The van der Waals surface area contributed by atoms with Gasteiger partial charge in [-0.25, -0.2) is 4.79 Å². The molecule has 2 aromatic rings. The quantitative estimate of drug-likeness (QED) is 0.931. The molecule has 0 spiro atoms. The highest BCUT2D eigenvalue weighted by Gasteiger charge is 2.06. The van der Waals surface area contributed by atoms with Gasteiger partial charge in [-0.1, -0.05) is 15.9 Å². The first-order valence-electron chi connectivity index (χ1n) is 5.11. The van der Waals surface area contributed by atoms with E-state index in [-0.39, 0.29) is 5.69 Å². The molecule has 1 aromatic heterocycles. The van der Waals surface area contributed by atoms with Gasteiger partial charge in [-0.05, 0) is 32.3 Å². The van der Waals surface area contributed by atoms with Crippen LogP contribution in [0.3, 0.4) is 0 Å². The van der Waals surface area contributed by atoms with E-state index in [0.717, 1.165) is 22.1 Å². The van der Waals surface area contributed by atoms with E-state index in [0.29, 0.717) is 6.54 Å². The molecule has 0 amide bonds. The zero-order chi connectivity index (χ0) is 11.7. The minimum absolute atomic E-state index is 0.0463. The SMILES string of the molecule is CN(C)CCn1c(=O)[nH]c2ccc(Br)cc21. The number of nitrogens with zero attached hydrogens (tertiary/aromatic N) is 2. The van der Waals surface area contributed by atoms with Gasteiger partial charge in [-0.2, -0.15) is 0 Å². The Kier molecular flexibility index (Phi) is 3.16. The summed E-state index contributed by atoms with van der Waals surface area (Å²) in [5.74, 6) is 0. The van der Waals surface area contributed by atoms with Crippen molar-refractivity contribution in [2.24, 2.45) is 0 Å². The lowest BCUT2D eigenvalue weighted by atomic mass is 10.3. The van der Waals surface area contributed by atoms with E-state index in [1.165, 1.54) is 0 Å². The molecule has 0 aliphatic heterocycles. The van der Waals surface area contributed by atoms with Gasteiger partial charge < -0.3 is 9.88 Å². The molecule has 0 aliphatic rings. The van der Waals surface area contributed by atoms with Crippen LogP contribution in [0, 0.1) is 0 Å². The Morgan fingerprint density at radius 3 is 2.88 bits per heavy atom. The standard InChI is InChI=1S/C11H14BrN3O/c1-14(2)5-6-15-10-7-8(12)3-4-9(10)13-11(15)16/h3-4,7H,5-6H2,1-2H3,(H,13,16). The Balaban J connectivity index is 2.46. The normalized spacial score (nSPS) is 11.5. The molecule has 0 saturated carbocycles. The van der Waals surface area contributed by atoms with Gasteiger partial charge in [0.05, 0.1) is 11.0 Å². The molecule has 0 unspecified atom stereocenters. The number of rotatable bonds is 3. The summed E-state index contributed by atoms with van der Waals surface area (Å²) in [6, 6.07) is 5.80. The second-order valence-corrected chi connectivity index (χ2v) is 4.96. The van der Waals surface area contributed by atoms with E-state index in [1.807, 2.05) is 32.3 Å². The van der Waals surface area contributed by atoms with Gasteiger partial charge >= 0.3 is 5.69 Å². The largest absolute Gasteiger partial charge is 0.326 e. The molecule has 16 heavy (non-hydrogen) atoms. The van der Waals surface area contributed by atoms with Crippen molar-refractivity contribution in [2.45, 2.75) is 6.54 Å². The van der Waals surface area contributed by atoms with Gasteiger partial charge in [0.15, 0.2) is 0 Å². The van der Waals surface area contributed by atoms with Crippen molar-refractivity contribution < 1.29 is 0 Å².